The minimum Gasteiger partial charge on any atom is -0.497 e. The van der Waals surface area contributed by atoms with Gasteiger partial charge in [-0.1, -0.05) is 59.6 Å². The zero-order valence-electron chi connectivity index (χ0n) is 16.6. The lowest BCUT2D eigenvalue weighted by molar-refractivity contribution is 0.415. The molecule has 5 rings (SSSR count). The molecule has 0 saturated carbocycles. The lowest BCUT2D eigenvalue weighted by Crippen LogP contribution is -1.94. The summed E-state index contributed by atoms with van der Waals surface area (Å²) in [5.41, 5.74) is 5.69. The van der Waals surface area contributed by atoms with Gasteiger partial charge < -0.3 is 4.74 Å². The van der Waals surface area contributed by atoms with E-state index in [2.05, 4.69) is 4.98 Å². The predicted molar refractivity (Wildman–Crippen MR) is 126 cm³/mol. The van der Waals surface area contributed by atoms with Gasteiger partial charge >= 0.3 is 0 Å². The molecule has 2 aromatic heterocycles. The van der Waals surface area contributed by atoms with Gasteiger partial charge in [0.05, 0.1) is 18.5 Å². The highest BCUT2D eigenvalue weighted by Gasteiger charge is 2.17. The second-order valence-corrected chi connectivity index (χ2v) is 7.94. The van der Waals surface area contributed by atoms with Crippen LogP contribution in [0.4, 0.5) is 0 Å². The number of aromatic nitrogens is 3. The van der Waals surface area contributed by atoms with Crippen molar-refractivity contribution in [2.24, 2.45) is 0 Å². The topological polar surface area (TPSA) is 39.4 Å². The number of methoxy groups -OCH3 is 1. The number of hydrogen-bond donors (Lipinski definition) is 0. The van der Waals surface area contributed by atoms with Crippen LogP contribution in [-0.4, -0.2) is 21.5 Å². The van der Waals surface area contributed by atoms with Crippen LogP contribution in [0, 0.1) is 0 Å². The van der Waals surface area contributed by atoms with Gasteiger partial charge in [0.25, 0.3) is 0 Å². The molecule has 0 aliphatic carbocycles. The summed E-state index contributed by atoms with van der Waals surface area (Å²) in [6.07, 6.45) is 3.88. The molecule has 5 aromatic rings. The molecule has 0 bridgehead atoms. The van der Waals surface area contributed by atoms with Crippen molar-refractivity contribution in [3.63, 3.8) is 0 Å². The molecule has 0 saturated heterocycles. The Bertz CT molecular complexity index is 1380. The van der Waals surface area contributed by atoms with Crippen molar-refractivity contribution in [3.05, 3.63) is 95.2 Å². The van der Waals surface area contributed by atoms with Crippen molar-refractivity contribution < 1.29 is 4.74 Å². The van der Waals surface area contributed by atoms with E-state index in [9.17, 15) is 0 Å². The van der Waals surface area contributed by atoms with E-state index >= 15 is 0 Å². The number of fused-ring (bicyclic) bond motifs is 1. The SMILES string of the molecule is COc1cccc(-c2cnc3nc(-c4ccc(Cl)cc4)c(-c4ccc(Cl)cc4)n3c2)c1. The highest BCUT2D eigenvalue weighted by molar-refractivity contribution is 6.31. The van der Waals surface area contributed by atoms with Gasteiger partial charge in [-0.3, -0.25) is 4.40 Å². The maximum atomic E-state index is 6.14. The quantitative estimate of drug-likeness (QED) is 0.297. The highest BCUT2D eigenvalue weighted by Crippen LogP contribution is 2.34. The number of hydrogen-bond acceptors (Lipinski definition) is 3. The Morgan fingerprint density at radius 2 is 1.45 bits per heavy atom. The Balaban J connectivity index is 1.76. The maximum Gasteiger partial charge on any atom is 0.234 e. The molecule has 4 nitrogen and oxygen atoms in total. The molecule has 152 valence electrons. The minimum absolute atomic E-state index is 0.613. The van der Waals surface area contributed by atoms with Crippen LogP contribution in [0.1, 0.15) is 0 Å². The zero-order valence-corrected chi connectivity index (χ0v) is 18.1. The van der Waals surface area contributed by atoms with Gasteiger partial charge in [0.2, 0.25) is 5.78 Å². The molecule has 3 aromatic carbocycles. The number of benzene rings is 3. The number of nitrogens with zero attached hydrogens (tertiary/aromatic N) is 3. The van der Waals surface area contributed by atoms with E-state index in [1.807, 2.05) is 89.6 Å². The average molecular weight is 446 g/mol. The van der Waals surface area contributed by atoms with Crippen molar-refractivity contribution in [3.8, 4) is 39.4 Å². The van der Waals surface area contributed by atoms with E-state index in [0.29, 0.717) is 15.8 Å². The van der Waals surface area contributed by atoms with Crippen LogP contribution in [0.2, 0.25) is 10.0 Å². The molecule has 0 unspecified atom stereocenters. The first-order valence-corrected chi connectivity index (χ1v) is 10.4. The van der Waals surface area contributed by atoms with E-state index in [4.69, 9.17) is 32.9 Å². The van der Waals surface area contributed by atoms with Crippen LogP contribution in [0.25, 0.3) is 39.4 Å². The Morgan fingerprint density at radius 3 is 2.13 bits per heavy atom. The molecule has 0 spiro atoms. The minimum atomic E-state index is 0.613. The first kappa shape index (κ1) is 19.6. The fraction of sp³-hybridized carbons (Fsp3) is 0.0400. The fourth-order valence-corrected chi connectivity index (χ4v) is 3.83. The van der Waals surface area contributed by atoms with Crippen LogP contribution in [-0.2, 0) is 0 Å². The molecule has 0 fully saturated rings. The Morgan fingerprint density at radius 1 is 0.774 bits per heavy atom. The summed E-state index contributed by atoms with van der Waals surface area (Å²) in [6, 6.07) is 23.3. The van der Waals surface area contributed by atoms with Gasteiger partial charge in [-0.15, -0.1) is 0 Å². The molecular formula is C25H17Cl2N3O. The maximum absolute atomic E-state index is 6.14. The van der Waals surface area contributed by atoms with Crippen molar-refractivity contribution >= 4 is 29.0 Å². The van der Waals surface area contributed by atoms with Crippen LogP contribution in [0.15, 0.2) is 85.2 Å². The number of imidazole rings is 1. The van der Waals surface area contributed by atoms with Gasteiger partial charge in [-0.05, 0) is 42.0 Å². The summed E-state index contributed by atoms with van der Waals surface area (Å²) in [7, 11) is 1.66. The second-order valence-electron chi connectivity index (χ2n) is 7.07. The Labute approximate surface area is 189 Å². The zero-order chi connectivity index (χ0) is 21.4. The third kappa shape index (κ3) is 3.76. The molecule has 0 radical (unpaired) electrons. The van der Waals surface area contributed by atoms with E-state index in [-0.39, 0.29) is 0 Å². The van der Waals surface area contributed by atoms with Crippen LogP contribution in [0.3, 0.4) is 0 Å². The molecule has 0 aliphatic rings. The first-order chi connectivity index (χ1) is 15.1. The normalized spacial score (nSPS) is 11.1. The molecule has 0 aliphatic heterocycles. The molecule has 31 heavy (non-hydrogen) atoms. The smallest absolute Gasteiger partial charge is 0.234 e. The van der Waals surface area contributed by atoms with Crippen molar-refractivity contribution in [2.45, 2.75) is 0 Å². The first-order valence-electron chi connectivity index (χ1n) is 9.67. The summed E-state index contributed by atoms with van der Waals surface area (Å²) in [5.74, 6) is 1.41. The van der Waals surface area contributed by atoms with Gasteiger partial charge in [-0.2, -0.15) is 0 Å². The monoisotopic (exact) mass is 445 g/mol. The van der Waals surface area contributed by atoms with Gasteiger partial charge in [0.1, 0.15) is 5.75 Å². The molecule has 2 heterocycles. The number of ether oxygens (including phenoxy) is 1. The summed E-state index contributed by atoms with van der Waals surface area (Å²) >= 11 is 12.2. The van der Waals surface area contributed by atoms with Crippen LogP contribution < -0.4 is 4.74 Å². The lowest BCUT2D eigenvalue weighted by atomic mass is 10.0. The largest absolute Gasteiger partial charge is 0.497 e. The third-order valence-electron chi connectivity index (χ3n) is 5.12. The molecule has 0 amide bonds. The summed E-state index contributed by atoms with van der Waals surface area (Å²) in [4.78, 5) is 9.47. The number of rotatable bonds is 4. The van der Waals surface area contributed by atoms with Crippen molar-refractivity contribution in [2.75, 3.05) is 7.11 Å². The van der Waals surface area contributed by atoms with Gasteiger partial charge in [0, 0.05) is 39.1 Å². The van der Waals surface area contributed by atoms with E-state index in [1.54, 1.807) is 7.11 Å². The standard InChI is InChI=1S/C25H17Cl2N3O/c1-31-22-4-2-3-18(13-22)19-14-28-25-29-23(16-5-9-20(26)10-6-16)24(30(25)15-19)17-7-11-21(27)12-8-17/h2-15H,1H3. The number of halogens is 2. The summed E-state index contributed by atoms with van der Waals surface area (Å²) in [6.45, 7) is 0. The molecule has 0 N–H and O–H groups in total. The lowest BCUT2D eigenvalue weighted by Gasteiger charge is -2.08. The fourth-order valence-electron chi connectivity index (χ4n) is 3.58. The van der Waals surface area contributed by atoms with E-state index in [0.717, 1.165) is 39.4 Å². The molecule has 6 heteroatoms. The predicted octanol–water partition coefficient (Wildman–Crippen LogP) is 7.05. The average Bonchev–Trinajstić information content (AvgIpc) is 3.19. The Hall–Kier alpha value is -3.34. The van der Waals surface area contributed by atoms with E-state index < -0.39 is 0 Å². The van der Waals surface area contributed by atoms with Crippen LogP contribution >= 0.6 is 23.2 Å². The summed E-state index contributed by atoms with van der Waals surface area (Å²) < 4.78 is 7.39. The summed E-state index contributed by atoms with van der Waals surface area (Å²) in [5, 5.41) is 1.36. The Kier molecular flexibility index (Phi) is 5.10. The second kappa shape index (κ2) is 8.06. The molecular weight excluding hydrogens is 429 g/mol. The van der Waals surface area contributed by atoms with Crippen molar-refractivity contribution in [1.82, 2.24) is 14.4 Å². The molecule has 0 atom stereocenters. The van der Waals surface area contributed by atoms with Gasteiger partial charge in [0.15, 0.2) is 0 Å². The van der Waals surface area contributed by atoms with Gasteiger partial charge in [-0.25, -0.2) is 9.97 Å². The van der Waals surface area contributed by atoms with Crippen molar-refractivity contribution in [1.29, 1.82) is 0 Å². The third-order valence-corrected chi connectivity index (χ3v) is 5.62. The highest BCUT2D eigenvalue weighted by atomic mass is 35.5. The van der Waals surface area contributed by atoms with E-state index in [1.165, 1.54) is 0 Å². The van der Waals surface area contributed by atoms with Crippen LogP contribution in [0.5, 0.6) is 5.75 Å².